The molecule has 0 aromatic carbocycles. The van der Waals surface area contributed by atoms with E-state index in [2.05, 4.69) is 28.9 Å². The van der Waals surface area contributed by atoms with E-state index in [1.54, 1.807) is 0 Å². The predicted molar refractivity (Wildman–Crippen MR) is 92.5 cm³/mol. The monoisotopic (exact) mass is 335 g/mol. The lowest BCUT2D eigenvalue weighted by Crippen LogP contribution is -2.38. The highest BCUT2D eigenvalue weighted by Gasteiger charge is 2.25. The van der Waals surface area contributed by atoms with Crippen LogP contribution in [0.3, 0.4) is 0 Å². The highest BCUT2D eigenvalue weighted by molar-refractivity contribution is 7.81. The largest absolute Gasteiger partial charge is 0.466 e. The molecule has 0 radical (unpaired) electrons. The van der Waals surface area contributed by atoms with Crippen molar-refractivity contribution in [2.24, 2.45) is 5.92 Å². The molecule has 2 rings (SSSR count). The summed E-state index contributed by atoms with van der Waals surface area (Å²) >= 11 is 4.42. The number of carbonyl (C=O) groups is 1. The number of thiol groups is 1. The first kappa shape index (κ1) is 17.7. The van der Waals surface area contributed by atoms with Crippen molar-refractivity contribution in [3.05, 3.63) is 23.5 Å². The minimum atomic E-state index is -0.218. The fourth-order valence-electron chi connectivity index (χ4n) is 3.20. The van der Waals surface area contributed by atoms with Crippen molar-refractivity contribution in [2.75, 3.05) is 19.7 Å². The van der Waals surface area contributed by atoms with Gasteiger partial charge in [-0.15, -0.1) is 12.6 Å². The molecule has 0 saturated carbocycles. The van der Waals surface area contributed by atoms with Crippen LogP contribution in [0.4, 0.5) is 0 Å². The molecule has 2 atom stereocenters. The van der Waals surface area contributed by atoms with Gasteiger partial charge in [-0.2, -0.15) is 5.26 Å². The summed E-state index contributed by atoms with van der Waals surface area (Å²) in [6.45, 7) is 3.94. The second-order valence-corrected chi connectivity index (χ2v) is 6.62. The van der Waals surface area contributed by atoms with Gasteiger partial charge in [-0.05, 0) is 50.3 Å². The molecular formula is C17H25N3O2S. The zero-order valence-electron chi connectivity index (χ0n) is 13.6. The number of ether oxygens (including phenoxy) is 1. The number of nitriles is 1. The quantitative estimate of drug-likeness (QED) is 0.444. The number of hydrogen-bond donors (Lipinski definition) is 2. The molecule has 0 spiro atoms. The number of nitrogens with zero attached hydrogens (tertiary/aromatic N) is 2. The van der Waals surface area contributed by atoms with Crippen molar-refractivity contribution in [1.82, 2.24) is 10.2 Å². The molecule has 2 aliphatic rings. The Balaban J connectivity index is 1.85. The van der Waals surface area contributed by atoms with E-state index in [-0.39, 0.29) is 11.3 Å². The van der Waals surface area contributed by atoms with Gasteiger partial charge in [0.1, 0.15) is 5.37 Å². The van der Waals surface area contributed by atoms with Crippen LogP contribution in [0.1, 0.15) is 39.0 Å². The van der Waals surface area contributed by atoms with Crippen LogP contribution in [0.25, 0.3) is 0 Å². The molecule has 1 saturated heterocycles. The predicted octanol–water partition coefficient (Wildman–Crippen LogP) is 2.58. The Morgan fingerprint density at radius 2 is 2.39 bits per heavy atom. The third-order valence-corrected chi connectivity index (χ3v) is 4.74. The van der Waals surface area contributed by atoms with Gasteiger partial charge in [0, 0.05) is 20.0 Å². The Kier molecular flexibility index (Phi) is 6.85. The Hall–Kier alpha value is -1.61. The van der Waals surface area contributed by atoms with Gasteiger partial charge in [-0.25, -0.2) is 0 Å². The fraction of sp³-hybridized carbons (Fsp3) is 0.647. The van der Waals surface area contributed by atoms with Gasteiger partial charge in [-0.1, -0.05) is 0 Å². The van der Waals surface area contributed by atoms with E-state index in [9.17, 15) is 10.1 Å². The van der Waals surface area contributed by atoms with Crippen LogP contribution >= 0.6 is 12.6 Å². The van der Waals surface area contributed by atoms with Gasteiger partial charge in [-0.3, -0.25) is 4.79 Å². The highest BCUT2D eigenvalue weighted by Crippen LogP contribution is 2.28. The molecule has 5 nitrogen and oxygen atoms in total. The van der Waals surface area contributed by atoms with Crippen LogP contribution in [0.15, 0.2) is 23.5 Å². The summed E-state index contributed by atoms with van der Waals surface area (Å²) in [7, 11) is 0. The number of unbranched alkanes of at least 4 members (excludes halogenated alkanes) is 1. The zero-order chi connectivity index (χ0) is 16.7. The number of nitrogens with one attached hydrogen (secondary N) is 1. The van der Waals surface area contributed by atoms with Gasteiger partial charge in [0.15, 0.2) is 0 Å². The maximum absolute atomic E-state index is 10.7. The third kappa shape index (κ3) is 5.21. The normalized spacial score (nSPS) is 24.1. The maximum atomic E-state index is 10.7. The molecule has 0 aromatic rings. The van der Waals surface area contributed by atoms with Crippen molar-refractivity contribution < 1.29 is 9.53 Å². The number of carbonyl (C=O) groups excluding carboxylic acids is 1. The number of allylic oxidation sites excluding steroid dienone is 1. The van der Waals surface area contributed by atoms with E-state index < -0.39 is 0 Å². The smallest absolute Gasteiger partial charge is 0.302 e. The number of esters is 1. The van der Waals surface area contributed by atoms with E-state index >= 15 is 0 Å². The Bertz CT molecular complexity index is 524. The molecule has 6 heteroatoms. The Morgan fingerprint density at radius 3 is 3.13 bits per heavy atom. The van der Waals surface area contributed by atoms with E-state index in [1.807, 2.05) is 12.3 Å². The molecule has 2 heterocycles. The number of piperidine rings is 1. The van der Waals surface area contributed by atoms with Crippen molar-refractivity contribution in [3.63, 3.8) is 0 Å². The first-order valence-electron chi connectivity index (χ1n) is 8.25. The van der Waals surface area contributed by atoms with E-state index in [1.165, 1.54) is 13.3 Å². The summed E-state index contributed by atoms with van der Waals surface area (Å²) in [5.41, 5.74) is 1.71. The first-order chi connectivity index (χ1) is 11.1. The molecule has 126 valence electrons. The second-order valence-electron chi connectivity index (χ2n) is 6.10. The summed E-state index contributed by atoms with van der Waals surface area (Å²) in [6.07, 6.45) is 9.36. The SMILES string of the molecule is CC(=O)OCCCCC1CCCN(C2=C(C#N)C(S)NC=C2)C1. The molecule has 0 amide bonds. The summed E-state index contributed by atoms with van der Waals surface area (Å²) in [6, 6.07) is 2.29. The molecule has 1 N–H and O–H groups in total. The molecule has 1 fully saturated rings. The summed E-state index contributed by atoms with van der Waals surface area (Å²) in [5.74, 6) is 0.430. The number of hydrogen-bond acceptors (Lipinski definition) is 6. The minimum Gasteiger partial charge on any atom is -0.466 e. The second kappa shape index (κ2) is 8.88. The number of rotatable bonds is 6. The Labute approximate surface area is 143 Å². The molecular weight excluding hydrogens is 310 g/mol. The highest BCUT2D eigenvalue weighted by atomic mass is 32.1. The maximum Gasteiger partial charge on any atom is 0.302 e. The van der Waals surface area contributed by atoms with Gasteiger partial charge in [0.2, 0.25) is 0 Å². The van der Waals surface area contributed by atoms with E-state index in [0.29, 0.717) is 18.1 Å². The standard InChI is InChI=1S/C17H25N3O2S/c1-13(21)22-10-3-2-5-14-6-4-9-20(12-14)16-7-8-19-17(23)15(16)11-18/h7-8,14,17,19,23H,2-6,9-10,12H2,1H3. The lowest BCUT2D eigenvalue weighted by molar-refractivity contribution is -0.141. The minimum absolute atomic E-state index is 0.205. The van der Waals surface area contributed by atoms with Gasteiger partial charge < -0.3 is 15.0 Å². The van der Waals surface area contributed by atoms with Crippen LogP contribution < -0.4 is 5.32 Å². The van der Waals surface area contributed by atoms with Crippen LogP contribution in [0.2, 0.25) is 0 Å². The third-order valence-electron chi connectivity index (χ3n) is 4.34. The molecule has 0 bridgehead atoms. The molecule has 23 heavy (non-hydrogen) atoms. The summed E-state index contributed by atoms with van der Waals surface area (Å²) in [4.78, 5) is 13.1. The van der Waals surface area contributed by atoms with Gasteiger partial charge in [0.05, 0.1) is 23.9 Å². The zero-order valence-corrected chi connectivity index (χ0v) is 14.5. The summed E-state index contributed by atoms with van der Waals surface area (Å²) in [5, 5.41) is 12.2. The topological polar surface area (TPSA) is 65.4 Å². The fourth-order valence-corrected chi connectivity index (χ4v) is 3.47. The van der Waals surface area contributed by atoms with Crippen molar-refractivity contribution in [1.29, 1.82) is 5.26 Å². The van der Waals surface area contributed by atoms with Crippen LogP contribution in [0, 0.1) is 17.2 Å². The van der Waals surface area contributed by atoms with Gasteiger partial charge >= 0.3 is 5.97 Å². The summed E-state index contributed by atoms with van der Waals surface area (Å²) < 4.78 is 4.97. The average Bonchev–Trinajstić information content (AvgIpc) is 2.54. The van der Waals surface area contributed by atoms with E-state index in [4.69, 9.17) is 4.74 Å². The molecule has 2 aliphatic heterocycles. The van der Waals surface area contributed by atoms with E-state index in [0.717, 1.165) is 44.5 Å². The van der Waals surface area contributed by atoms with Crippen molar-refractivity contribution in [3.8, 4) is 6.07 Å². The molecule has 2 unspecified atom stereocenters. The molecule has 0 aromatic heterocycles. The molecule has 0 aliphatic carbocycles. The van der Waals surface area contributed by atoms with Crippen molar-refractivity contribution >= 4 is 18.6 Å². The van der Waals surface area contributed by atoms with Crippen molar-refractivity contribution in [2.45, 2.75) is 44.4 Å². The average molecular weight is 335 g/mol. The number of dihydropyridines is 1. The van der Waals surface area contributed by atoms with Crippen LogP contribution in [0.5, 0.6) is 0 Å². The lowest BCUT2D eigenvalue weighted by atomic mass is 9.92. The van der Waals surface area contributed by atoms with Crippen LogP contribution in [-0.4, -0.2) is 35.9 Å². The first-order valence-corrected chi connectivity index (χ1v) is 8.76. The number of likely N-dealkylation sites (tertiary alicyclic amines) is 1. The van der Waals surface area contributed by atoms with Crippen LogP contribution in [-0.2, 0) is 9.53 Å². The Morgan fingerprint density at radius 1 is 1.57 bits per heavy atom. The van der Waals surface area contributed by atoms with Gasteiger partial charge in [0.25, 0.3) is 0 Å². The lowest BCUT2D eigenvalue weighted by Gasteiger charge is -2.37.